The van der Waals surface area contributed by atoms with Crippen molar-refractivity contribution in [2.45, 2.75) is 83.3 Å². The molecule has 0 spiro atoms. The molecule has 2 atom stereocenters. The summed E-state index contributed by atoms with van der Waals surface area (Å²) in [5, 5.41) is 8.52. The Hall–Kier alpha value is -1.09. The lowest BCUT2D eigenvalue weighted by Crippen LogP contribution is -1.93. The van der Waals surface area contributed by atoms with Crippen LogP contribution in [0.15, 0.2) is 24.3 Å². The van der Waals surface area contributed by atoms with Gasteiger partial charge in [-0.2, -0.15) is 0 Å². The molecule has 1 aliphatic heterocycles. The van der Waals surface area contributed by atoms with Crippen molar-refractivity contribution in [3.63, 3.8) is 0 Å². The molecule has 1 aliphatic rings. The van der Waals surface area contributed by atoms with E-state index in [0.717, 1.165) is 44.9 Å². The zero-order valence-electron chi connectivity index (χ0n) is 13.3. The molecule has 3 heteroatoms. The molecule has 1 heterocycles. The number of carbonyl (C=O) groups is 1. The average molecular weight is 294 g/mol. The van der Waals surface area contributed by atoms with Gasteiger partial charge in [0.15, 0.2) is 0 Å². The second-order valence-corrected chi connectivity index (χ2v) is 5.74. The van der Waals surface area contributed by atoms with Crippen LogP contribution in [-0.4, -0.2) is 23.3 Å². The summed E-state index contributed by atoms with van der Waals surface area (Å²) < 4.78 is 5.60. The SMILES string of the molecule is CC/C=C\C[C@H]1O[C@@H]1C/C=C\CCCCCCCC(=O)O. The molecule has 21 heavy (non-hydrogen) atoms. The molecule has 1 fully saturated rings. The van der Waals surface area contributed by atoms with Crippen molar-refractivity contribution in [2.24, 2.45) is 0 Å². The average Bonchev–Trinajstić information content (AvgIpc) is 3.19. The topological polar surface area (TPSA) is 49.8 Å². The summed E-state index contributed by atoms with van der Waals surface area (Å²) in [4.78, 5) is 10.3. The molecule has 0 aliphatic carbocycles. The number of carboxylic acids is 1. The van der Waals surface area contributed by atoms with Crippen molar-refractivity contribution in [1.29, 1.82) is 0 Å². The number of hydrogen-bond acceptors (Lipinski definition) is 2. The molecule has 0 unspecified atom stereocenters. The van der Waals surface area contributed by atoms with Crippen LogP contribution in [0.5, 0.6) is 0 Å². The Morgan fingerprint density at radius 2 is 1.57 bits per heavy atom. The first-order valence-corrected chi connectivity index (χ1v) is 8.41. The second-order valence-electron chi connectivity index (χ2n) is 5.74. The van der Waals surface area contributed by atoms with Crippen LogP contribution in [0.3, 0.4) is 0 Å². The number of rotatable bonds is 13. The van der Waals surface area contributed by atoms with E-state index >= 15 is 0 Å². The lowest BCUT2D eigenvalue weighted by Gasteiger charge is -1.98. The minimum absolute atomic E-state index is 0.315. The molecular formula is C18H30O3. The van der Waals surface area contributed by atoms with E-state index in [1.165, 1.54) is 12.8 Å². The van der Waals surface area contributed by atoms with Crippen LogP contribution in [0.4, 0.5) is 0 Å². The number of ether oxygens (including phenoxy) is 1. The third-order valence-electron chi connectivity index (χ3n) is 3.75. The lowest BCUT2D eigenvalue weighted by molar-refractivity contribution is -0.137. The summed E-state index contributed by atoms with van der Waals surface area (Å²) in [6.07, 6.45) is 19.9. The number of allylic oxidation sites excluding steroid dienone is 2. The van der Waals surface area contributed by atoms with Gasteiger partial charge in [0.05, 0.1) is 12.2 Å². The predicted molar refractivity (Wildman–Crippen MR) is 86.4 cm³/mol. The first-order valence-electron chi connectivity index (χ1n) is 8.41. The standard InChI is InChI=1S/C18H30O3/c1-2-3-10-13-16-17(21-16)14-11-8-6-4-5-7-9-12-15-18(19)20/h3,8,10-11,16-17H,2,4-7,9,12-15H2,1H3,(H,19,20)/b10-3-,11-8-/t16-,17-/m1/s1. The van der Waals surface area contributed by atoms with Crippen molar-refractivity contribution >= 4 is 5.97 Å². The Labute approximate surface area is 129 Å². The highest BCUT2D eigenvalue weighted by Gasteiger charge is 2.35. The van der Waals surface area contributed by atoms with Gasteiger partial charge in [0.25, 0.3) is 0 Å². The van der Waals surface area contributed by atoms with E-state index in [2.05, 4.69) is 31.2 Å². The van der Waals surface area contributed by atoms with Crippen molar-refractivity contribution in [2.75, 3.05) is 0 Å². The zero-order valence-corrected chi connectivity index (χ0v) is 13.3. The fourth-order valence-electron chi connectivity index (χ4n) is 2.41. The summed E-state index contributed by atoms with van der Waals surface area (Å²) in [6, 6.07) is 0. The number of aliphatic carboxylic acids is 1. The highest BCUT2D eigenvalue weighted by atomic mass is 16.6. The van der Waals surface area contributed by atoms with Crippen LogP contribution < -0.4 is 0 Å². The summed E-state index contributed by atoms with van der Waals surface area (Å²) in [5.74, 6) is -0.677. The Bertz CT molecular complexity index is 333. The molecule has 0 amide bonds. The van der Waals surface area contributed by atoms with E-state index in [9.17, 15) is 4.79 Å². The summed E-state index contributed by atoms with van der Waals surface area (Å²) in [7, 11) is 0. The molecule has 0 bridgehead atoms. The van der Waals surface area contributed by atoms with Crippen molar-refractivity contribution < 1.29 is 14.6 Å². The van der Waals surface area contributed by atoms with Gasteiger partial charge in [-0.05, 0) is 38.5 Å². The van der Waals surface area contributed by atoms with Crippen LogP contribution in [-0.2, 0) is 9.53 Å². The zero-order chi connectivity index (χ0) is 15.3. The Kier molecular flexibility index (Phi) is 9.88. The fourth-order valence-corrected chi connectivity index (χ4v) is 2.41. The molecule has 0 saturated carbocycles. The largest absolute Gasteiger partial charge is 0.481 e. The second kappa shape index (κ2) is 11.6. The van der Waals surface area contributed by atoms with Gasteiger partial charge in [-0.25, -0.2) is 0 Å². The third kappa shape index (κ3) is 10.3. The summed E-state index contributed by atoms with van der Waals surface area (Å²) in [6.45, 7) is 2.15. The first kappa shape index (κ1) is 18.0. The van der Waals surface area contributed by atoms with E-state index < -0.39 is 5.97 Å². The minimum Gasteiger partial charge on any atom is -0.481 e. The van der Waals surface area contributed by atoms with Crippen molar-refractivity contribution in [3.05, 3.63) is 24.3 Å². The monoisotopic (exact) mass is 294 g/mol. The normalized spacial score (nSPS) is 21.4. The summed E-state index contributed by atoms with van der Waals surface area (Å²) >= 11 is 0. The molecule has 3 nitrogen and oxygen atoms in total. The van der Waals surface area contributed by atoms with Crippen LogP contribution in [0.1, 0.15) is 71.1 Å². The molecular weight excluding hydrogens is 264 g/mol. The summed E-state index contributed by atoms with van der Waals surface area (Å²) in [5.41, 5.74) is 0. The lowest BCUT2D eigenvalue weighted by atomic mass is 10.1. The van der Waals surface area contributed by atoms with Gasteiger partial charge in [-0.1, -0.05) is 50.5 Å². The van der Waals surface area contributed by atoms with Crippen molar-refractivity contribution in [1.82, 2.24) is 0 Å². The number of carboxylic acid groups (broad SMARTS) is 1. The predicted octanol–water partition coefficient (Wildman–Crippen LogP) is 4.87. The Morgan fingerprint density at radius 1 is 0.952 bits per heavy atom. The van der Waals surface area contributed by atoms with E-state index in [1.807, 2.05) is 0 Å². The van der Waals surface area contributed by atoms with Gasteiger partial charge < -0.3 is 9.84 Å². The van der Waals surface area contributed by atoms with Crippen LogP contribution >= 0.6 is 0 Å². The fraction of sp³-hybridized carbons (Fsp3) is 0.722. The minimum atomic E-state index is -0.677. The van der Waals surface area contributed by atoms with Crippen LogP contribution in [0, 0.1) is 0 Å². The van der Waals surface area contributed by atoms with E-state index in [-0.39, 0.29) is 0 Å². The molecule has 120 valence electrons. The molecule has 1 saturated heterocycles. The van der Waals surface area contributed by atoms with Crippen molar-refractivity contribution in [3.8, 4) is 0 Å². The molecule has 0 aromatic carbocycles. The van der Waals surface area contributed by atoms with E-state index in [0.29, 0.717) is 18.6 Å². The highest BCUT2D eigenvalue weighted by Crippen LogP contribution is 2.29. The van der Waals surface area contributed by atoms with Gasteiger partial charge in [0.2, 0.25) is 0 Å². The third-order valence-corrected chi connectivity index (χ3v) is 3.75. The molecule has 0 aromatic heterocycles. The van der Waals surface area contributed by atoms with E-state index in [1.54, 1.807) is 0 Å². The molecule has 0 radical (unpaired) electrons. The number of epoxide rings is 1. The maximum atomic E-state index is 10.3. The molecule has 0 aromatic rings. The number of hydrogen-bond donors (Lipinski definition) is 1. The smallest absolute Gasteiger partial charge is 0.303 e. The van der Waals surface area contributed by atoms with Gasteiger partial charge in [-0.3, -0.25) is 4.79 Å². The van der Waals surface area contributed by atoms with Gasteiger partial charge in [0, 0.05) is 6.42 Å². The van der Waals surface area contributed by atoms with Gasteiger partial charge in [-0.15, -0.1) is 0 Å². The van der Waals surface area contributed by atoms with E-state index in [4.69, 9.17) is 9.84 Å². The molecule has 1 rings (SSSR count). The van der Waals surface area contributed by atoms with Crippen LogP contribution in [0.25, 0.3) is 0 Å². The Balaban J connectivity index is 1.84. The van der Waals surface area contributed by atoms with Gasteiger partial charge >= 0.3 is 5.97 Å². The maximum absolute atomic E-state index is 10.3. The first-order chi connectivity index (χ1) is 10.2. The van der Waals surface area contributed by atoms with Gasteiger partial charge in [0.1, 0.15) is 0 Å². The Morgan fingerprint density at radius 3 is 2.24 bits per heavy atom. The molecule has 1 N–H and O–H groups in total. The van der Waals surface area contributed by atoms with Crippen LogP contribution in [0.2, 0.25) is 0 Å². The maximum Gasteiger partial charge on any atom is 0.303 e. The number of unbranched alkanes of at least 4 members (excludes halogenated alkanes) is 5. The highest BCUT2D eigenvalue weighted by molar-refractivity contribution is 5.66. The quantitative estimate of drug-likeness (QED) is 0.299.